The van der Waals surface area contributed by atoms with Crippen LogP contribution in [0.1, 0.15) is 5.56 Å². The lowest BCUT2D eigenvalue weighted by atomic mass is 10.2. The second-order valence-corrected chi connectivity index (χ2v) is 14.2. The van der Waals surface area contributed by atoms with Crippen LogP contribution < -0.4 is 25.3 Å². The Hall–Kier alpha value is -4.23. The van der Waals surface area contributed by atoms with Crippen LogP contribution in [0, 0.1) is 6.92 Å². The van der Waals surface area contributed by atoms with Crippen molar-refractivity contribution in [1.29, 1.82) is 0 Å². The van der Waals surface area contributed by atoms with Crippen molar-refractivity contribution >= 4 is 48.6 Å². The first-order valence-corrected chi connectivity index (χ1v) is 16.1. The van der Waals surface area contributed by atoms with E-state index in [1.165, 1.54) is 0 Å². The summed E-state index contributed by atoms with van der Waals surface area (Å²) in [5.41, 5.74) is 2.83. The fourth-order valence-corrected chi connectivity index (χ4v) is 10.1. The van der Waals surface area contributed by atoms with Gasteiger partial charge in [-0.25, -0.2) is 0 Å². The van der Waals surface area contributed by atoms with E-state index in [4.69, 9.17) is 0 Å². The number of benzene rings is 5. The molecule has 0 spiro atoms. The first-order valence-electron chi connectivity index (χ1n) is 13.1. The molecule has 1 atom stereocenters. The predicted molar refractivity (Wildman–Crippen MR) is 168 cm³/mol. The van der Waals surface area contributed by atoms with E-state index in [1.807, 2.05) is 120 Å². The first kappa shape index (κ1) is 26.0. The zero-order valence-electron chi connectivity index (χ0n) is 22.0. The highest BCUT2D eigenvalue weighted by atomic mass is 31.2. The quantitative estimate of drug-likeness (QED) is 0.205. The molecule has 0 bridgehead atoms. The van der Waals surface area contributed by atoms with Crippen LogP contribution in [-0.4, -0.2) is 5.91 Å². The van der Waals surface area contributed by atoms with Gasteiger partial charge in [-0.05, 0) is 31.2 Å². The van der Waals surface area contributed by atoms with Crippen molar-refractivity contribution in [3.8, 4) is 0 Å². The minimum Gasteiger partial charge on any atom is -0.308 e. The van der Waals surface area contributed by atoms with Crippen LogP contribution >= 0.6 is 15.4 Å². The Labute approximate surface area is 236 Å². The van der Waals surface area contributed by atoms with E-state index in [0.29, 0.717) is 10.6 Å². The van der Waals surface area contributed by atoms with E-state index in [9.17, 15) is 4.79 Å². The summed E-state index contributed by atoms with van der Waals surface area (Å²) in [6.07, 6.45) is 1.85. The molecule has 1 aliphatic heterocycles. The highest BCUT2D eigenvalue weighted by molar-refractivity contribution is 7.84. The van der Waals surface area contributed by atoms with Gasteiger partial charge >= 0.3 is 0 Å². The Balaban J connectivity index is 1.67. The number of hydrogen-bond acceptors (Lipinski definition) is 3. The van der Waals surface area contributed by atoms with Crippen molar-refractivity contribution in [3.63, 3.8) is 0 Å². The maximum absolute atomic E-state index is 15.5. The molecule has 6 heteroatoms. The first-order chi connectivity index (χ1) is 19.6. The smallest absolute Gasteiger partial charge is 0.268 e. The third kappa shape index (κ3) is 4.71. The molecule has 1 aliphatic rings. The lowest BCUT2D eigenvalue weighted by molar-refractivity contribution is -0.113. The Morgan fingerprint density at radius 3 is 1.57 bits per heavy atom. The third-order valence-corrected chi connectivity index (χ3v) is 12.3. The van der Waals surface area contributed by atoms with Crippen molar-refractivity contribution in [2.75, 3.05) is 9.34 Å². The topological polar surface area (TPSA) is 40.6 Å². The van der Waals surface area contributed by atoms with Gasteiger partial charge in [0, 0.05) is 33.5 Å². The highest BCUT2D eigenvalue weighted by Crippen LogP contribution is 2.60. The number of anilines is 2. The highest BCUT2D eigenvalue weighted by Gasteiger charge is 2.46. The molecule has 5 aromatic rings. The standard InChI is InChI=1S/C34H28N2O2P2/c1-27-22-24-28(25-23-27)35-26-33(40(38,31-18-10-4-11-19-31)32-20-12-5-13-21-32)34(37)36(29-14-6-2-7-15-29)39(35)30-16-8-3-9-17-30/h2-26H,1H3. The summed E-state index contributed by atoms with van der Waals surface area (Å²) >= 11 is 0. The van der Waals surface area contributed by atoms with Gasteiger partial charge in [0.25, 0.3) is 5.91 Å². The van der Waals surface area contributed by atoms with Crippen LogP contribution in [0.4, 0.5) is 11.4 Å². The maximum atomic E-state index is 15.5. The molecule has 0 saturated carbocycles. The van der Waals surface area contributed by atoms with Crippen LogP contribution in [0.25, 0.3) is 0 Å². The monoisotopic (exact) mass is 558 g/mol. The summed E-state index contributed by atoms with van der Waals surface area (Å²) in [5.74, 6) is -0.249. The van der Waals surface area contributed by atoms with E-state index in [1.54, 1.807) is 0 Å². The molecular formula is C34H28N2O2P2. The van der Waals surface area contributed by atoms with Crippen LogP contribution in [-0.2, 0) is 9.36 Å². The van der Waals surface area contributed by atoms with E-state index >= 15 is 4.57 Å². The predicted octanol–water partition coefficient (Wildman–Crippen LogP) is 7.34. The number of hydrogen-bond donors (Lipinski definition) is 0. The van der Waals surface area contributed by atoms with Crippen molar-refractivity contribution < 1.29 is 9.36 Å². The average Bonchev–Trinajstić information content (AvgIpc) is 3.02. The number of carbonyl (C=O) groups is 1. The molecule has 0 N–H and O–H groups in total. The molecule has 4 nitrogen and oxygen atoms in total. The van der Waals surface area contributed by atoms with Gasteiger partial charge in [0.1, 0.15) is 13.5 Å². The van der Waals surface area contributed by atoms with Gasteiger partial charge in [-0.1, -0.05) is 127 Å². The average molecular weight is 559 g/mol. The molecule has 1 unspecified atom stereocenters. The third-order valence-electron chi connectivity index (χ3n) is 6.91. The van der Waals surface area contributed by atoms with Crippen LogP contribution in [0.15, 0.2) is 157 Å². The molecule has 1 heterocycles. The van der Waals surface area contributed by atoms with E-state index < -0.39 is 15.4 Å². The zero-order valence-corrected chi connectivity index (χ0v) is 23.8. The van der Waals surface area contributed by atoms with Gasteiger partial charge in [0.15, 0.2) is 7.14 Å². The second kappa shape index (κ2) is 11.1. The summed E-state index contributed by atoms with van der Waals surface area (Å²) in [6, 6.07) is 46.8. The van der Waals surface area contributed by atoms with Crippen molar-refractivity contribution in [2.45, 2.75) is 6.92 Å². The molecule has 0 radical (unpaired) electrons. The van der Waals surface area contributed by atoms with E-state index in [2.05, 4.69) is 48.0 Å². The fourth-order valence-electron chi connectivity index (χ4n) is 4.91. The zero-order chi connectivity index (χ0) is 27.5. The number of rotatable bonds is 6. The number of aryl methyl sites for hydroxylation is 1. The molecule has 40 heavy (non-hydrogen) atoms. The Morgan fingerprint density at radius 2 is 1.05 bits per heavy atom. The van der Waals surface area contributed by atoms with Gasteiger partial charge in [0.2, 0.25) is 0 Å². The Morgan fingerprint density at radius 1 is 0.575 bits per heavy atom. The minimum absolute atomic E-state index is 0.249. The van der Waals surface area contributed by atoms with Crippen molar-refractivity contribution in [2.24, 2.45) is 0 Å². The molecule has 0 saturated heterocycles. The lowest BCUT2D eigenvalue weighted by Crippen LogP contribution is -2.42. The number of nitrogens with zero attached hydrogens (tertiary/aromatic N) is 2. The summed E-state index contributed by atoms with van der Waals surface area (Å²) in [4.78, 5) is 14.8. The van der Waals surface area contributed by atoms with Gasteiger partial charge in [0.05, 0.1) is 0 Å². The summed E-state index contributed by atoms with van der Waals surface area (Å²) in [7, 11) is -4.95. The summed E-state index contributed by atoms with van der Waals surface area (Å²) < 4.78 is 19.5. The van der Waals surface area contributed by atoms with Gasteiger partial charge in [-0.15, -0.1) is 0 Å². The Bertz CT molecular complexity index is 1650. The molecule has 1 amide bonds. The molecule has 6 rings (SSSR count). The molecular weight excluding hydrogens is 530 g/mol. The van der Waals surface area contributed by atoms with E-state index in [0.717, 1.165) is 22.2 Å². The van der Waals surface area contributed by atoms with E-state index in [-0.39, 0.29) is 11.2 Å². The normalized spacial score (nSPS) is 15.6. The van der Waals surface area contributed by atoms with Gasteiger partial charge < -0.3 is 9.24 Å². The van der Waals surface area contributed by atoms with Crippen molar-refractivity contribution in [1.82, 2.24) is 0 Å². The van der Waals surface area contributed by atoms with Crippen LogP contribution in [0.3, 0.4) is 0 Å². The number of carbonyl (C=O) groups excluding carboxylic acids is 1. The largest absolute Gasteiger partial charge is 0.308 e. The lowest BCUT2D eigenvalue weighted by Gasteiger charge is -2.44. The number of amides is 1. The van der Waals surface area contributed by atoms with Crippen LogP contribution in [0.5, 0.6) is 0 Å². The molecule has 196 valence electrons. The number of para-hydroxylation sites is 1. The molecule has 0 fully saturated rings. The molecule has 5 aromatic carbocycles. The molecule has 0 aromatic heterocycles. The Kier molecular flexibility index (Phi) is 7.22. The summed E-state index contributed by atoms with van der Waals surface area (Å²) in [5, 5.41) is 2.55. The molecule has 0 aliphatic carbocycles. The maximum Gasteiger partial charge on any atom is 0.268 e. The SMILES string of the molecule is Cc1ccc(N2C=C(P(=O)(c3ccccc3)c3ccccc3)C(=O)N(c3ccccc3)P2c2ccccc2)cc1. The second-order valence-electron chi connectivity index (χ2n) is 9.55. The van der Waals surface area contributed by atoms with Crippen molar-refractivity contribution in [3.05, 3.63) is 163 Å². The minimum atomic E-state index is -3.56. The van der Waals surface area contributed by atoms with Crippen LogP contribution in [0.2, 0.25) is 0 Å². The van der Waals surface area contributed by atoms with Gasteiger partial charge in [-0.3, -0.25) is 9.46 Å². The van der Waals surface area contributed by atoms with Gasteiger partial charge in [-0.2, -0.15) is 0 Å². The summed E-state index contributed by atoms with van der Waals surface area (Å²) in [6.45, 7) is 2.06. The fraction of sp³-hybridized carbons (Fsp3) is 0.0294.